The molecule has 2 aliphatic carbocycles. The molecule has 1 aromatic carbocycles. The largest absolute Gasteiger partial charge is 0.464 e. The van der Waals surface area contributed by atoms with Gasteiger partial charge < -0.3 is 43.2 Å². The fourth-order valence-electron chi connectivity index (χ4n) is 12.6. The molecule has 2 saturated carbocycles. The predicted octanol–water partition coefficient (Wildman–Crippen LogP) is 5.17. The molecule has 2 N–H and O–H groups in total. The van der Waals surface area contributed by atoms with Gasteiger partial charge in [0.1, 0.15) is 23.2 Å². The molecular weight excluding hydrogens is 989 g/mol. The maximum absolute atomic E-state index is 15.4. The molecule has 1 unspecified atom stereocenters. The molecule has 8 fully saturated rings. The quantitative estimate of drug-likeness (QED) is 0.176. The Balaban J connectivity index is 1.01. The highest BCUT2D eigenvalue weighted by Gasteiger charge is 2.55. The van der Waals surface area contributed by atoms with Crippen molar-refractivity contribution in [2.45, 2.75) is 127 Å². The third-order valence-corrected chi connectivity index (χ3v) is 18.3. The van der Waals surface area contributed by atoms with Crippen LogP contribution in [-0.4, -0.2) is 176 Å². The summed E-state index contributed by atoms with van der Waals surface area (Å²) in [4.78, 5) is 62.1. The fourth-order valence-corrected chi connectivity index (χ4v) is 13.6. The van der Waals surface area contributed by atoms with Gasteiger partial charge >= 0.3 is 5.97 Å². The summed E-state index contributed by atoms with van der Waals surface area (Å²) < 4.78 is 38.8. The number of methoxy groups -OCH3 is 1. The van der Waals surface area contributed by atoms with Gasteiger partial charge in [-0.3, -0.25) is 34.2 Å². The second-order valence-electron chi connectivity index (χ2n) is 23.0. The lowest BCUT2D eigenvalue weighted by atomic mass is 9.73. The van der Waals surface area contributed by atoms with Crippen LogP contribution in [0, 0.1) is 22.7 Å². The molecule has 0 spiro atoms. The van der Waals surface area contributed by atoms with Crippen LogP contribution in [0.4, 0.5) is 5.69 Å². The number of nitriles is 1. The standard InChI is InChI=1S/C56H72N10O9S/c1-34(70-4)46-42(28-39(30-58-46)63-14-12-62(13-15-63)37-6-7-37)49-43-29-55(2,3)33-74-53(68)47-36-25-38(26-36)66(61-47)52(67)48(60-54(69)56(32-57)11-21-75-56)50(64-16-22-72-23-17-64)51-59-44(31-76-51)35-5-8-45(41(43)27-35)65(49)18-24-73-40-9-19-71-20-10-40/h5,8,27-28,30-31,34,36-38,40,47-48,50,61H,6-7,9-26,29,33H2,1-4H3,(H,60,69)/t34-,36?,38?,47-,48-,50-,56?/m0/s1. The van der Waals surface area contributed by atoms with Crippen LogP contribution in [0.5, 0.6) is 0 Å². The molecule has 19 nitrogen and oxygen atoms in total. The van der Waals surface area contributed by atoms with Gasteiger partial charge in [0, 0.05) is 117 Å². The van der Waals surface area contributed by atoms with Crippen LogP contribution in [0.3, 0.4) is 0 Å². The summed E-state index contributed by atoms with van der Waals surface area (Å²) in [5.74, 6) is -1.55. The Morgan fingerprint density at radius 2 is 1.75 bits per heavy atom. The van der Waals surface area contributed by atoms with Crippen LogP contribution in [0.25, 0.3) is 33.4 Å². The lowest BCUT2D eigenvalue weighted by Gasteiger charge is -2.53. The number of aromatic nitrogens is 3. The molecule has 4 aromatic rings. The van der Waals surface area contributed by atoms with Crippen LogP contribution in [0.15, 0.2) is 35.8 Å². The molecule has 9 aliphatic rings. The Morgan fingerprint density at radius 1 is 0.987 bits per heavy atom. The van der Waals surface area contributed by atoms with Gasteiger partial charge in [-0.15, -0.1) is 11.3 Å². The average Bonchev–Trinajstić information content (AvgIpc) is 4.20. The minimum Gasteiger partial charge on any atom is -0.464 e. The first-order chi connectivity index (χ1) is 36.9. The second kappa shape index (κ2) is 21.3. The summed E-state index contributed by atoms with van der Waals surface area (Å²) in [6.07, 6.45) is 8.02. The summed E-state index contributed by atoms with van der Waals surface area (Å²) in [6.45, 7) is 14.8. The van der Waals surface area contributed by atoms with Crippen LogP contribution in [0.2, 0.25) is 0 Å². The number of pyridine rings is 1. The maximum Gasteiger partial charge on any atom is 0.325 e. The SMILES string of the molecule is CO[C@@H](C)c1ncc(N2CCN(C3CC3)CC2)cc1-c1c2c3cc(ccc3n1CCOC1CCOCC1)-c1csc(n1)[C@@H](N1CCOCC1)[C@H](NC(=O)C1(C#N)CCO1)C(=O)N1N[C@H](C(=O)OCC(C)(C)C2)C2CC1C2. The van der Waals surface area contributed by atoms with Gasteiger partial charge in [-0.1, -0.05) is 19.9 Å². The van der Waals surface area contributed by atoms with Crippen molar-refractivity contribution < 1.29 is 42.8 Å². The first-order valence-corrected chi connectivity index (χ1v) is 28.5. The molecule has 20 heteroatoms. The molecule has 406 valence electrons. The van der Waals surface area contributed by atoms with E-state index in [9.17, 15) is 14.9 Å². The van der Waals surface area contributed by atoms with E-state index in [1.807, 2.05) is 11.6 Å². The van der Waals surface area contributed by atoms with Gasteiger partial charge in [-0.25, -0.2) is 10.4 Å². The highest BCUT2D eigenvalue weighted by atomic mass is 32.1. The van der Waals surface area contributed by atoms with E-state index in [4.69, 9.17) is 38.4 Å². The molecule has 6 saturated heterocycles. The number of hydrogen-bond acceptors (Lipinski definition) is 17. The lowest BCUT2D eigenvalue weighted by molar-refractivity contribution is -0.174. The van der Waals surface area contributed by atoms with E-state index < -0.39 is 46.9 Å². The number of thiazole rings is 1. The van der Waals surface area contributed by atoms with E-state index in [2.05, 4.69) is 81.1 Å². The van der Waals surface area contributed by atoms with Crippen molar-refractivity contribution in [1.29, 1.82) is 5.26 Å². The molecule has 0 radical (unpaired) electrons. The molecule has 2 amide bonds. The number of hydrazine groups is 1. The summed E-state index contributed by atoms with van der Waals surface area (Å²) in [7, 11) is 1.73. The first-order valence-electron chi connectivity index (χ1n) is 27.7. The topological polar surface area (TPSA) is 198 Å². The van der Waals surface area contributed by atoms with E-state index in [1.165, 1.54) is 24.2 Å². The van der Waals surface area contributed by atoms with Gasteiger partial charge in [0.05, 0.1) is 80.3 Å². The molecule has 5 atom stereocenters. The van der Waals surface area contributed by atoms with Crippen LogP contribution in [-0.2, 0) is 55.8 Å². The van der Waals surface area contributed by atoms with Crippen molar-refractivity contribution in [3.8, 4) is 28.6 Å². The number of piperazine rings is 1. The van der Waals surface area contributed by atoms with Gasteiger partial charge in [0.15, 0.2) is 0 Å². The van der Waals surface area contributed by atoms with Crippen LogP contribution >= 0.6 is 11.3 Å². The number of benzene rings is 1. The van der Waals surface area contributed by atoms with E-state index in [-0.39, 0.29) is 43.8 Å². The van der Waals surface area contributed by atoms with Crippen molar-refractivity contribution in [3.63, 3.8) is 0 Å². The van der Waals surface area contributed by atoms with Crippen LogP contribution in [0.1, 0.15) is 94.1 Å². The zero-order chi connectivity index (χ0) is 52.3. The molecule has 13 rings (SSSR count). The third kappa shape index (κ3) is 9.93. The highest BCUT2D eigenvalue weighted by Crippen LogP contribution is 2.45. The molecule has 8 bridgehead atoms. The fraction of sp³-hybridized carbons (Fsp3) is 0.643. The van der Waals surface area contributed by atoms with E-state index >= 15 is 4.79 Å². The van der Waals surface area contributed by atoms with E-state index in [1.54, 1.807) is 12.1 Å². The summed E-state index contributed by atoms with van der Waals surface area (Å²) in [5.41, 5.74) is 8.67. The number of hydrogen-bond donors (Lipinski definition) is 2. The van der Waals surface area contributed by atoms with Crippen molar-refractivity contribution >= 4 is 45.7 Å². The number of rotatable bonds is 12. The Labute approximate surface area is 448 Å². The van der Waals surface area contributed by atoms with E-state index in [0.29, 0.717) is 83.0 Å². The first kappa shape index (κ1) is 51.7. The Bertz CT molecular complexity index is 2850. The summed E-state index contributed by atoms with van der Waals surface area (Å²) in [5, 5.41) is 18.5. The molecule has 7 aliphatic heterocycles. The molecule has 3 aromatic heterocycles. The van der Waals surface area contributed by atoms with E-state index in [0.717, 1.165) is 89.4 Å². The maximum atomic E-state index is 15.4. The van der Waals surface area contributed by atoms with Crippen LogP contribution < -0.4 is 15.6 Å². The van der Waals surface area contributed by atoms with Crippen molar-refractivity contribution in [1.82, 2.24) is 40.1 Å². The number of amides is 2. The second-order valence-corrected chi connectivity index (χ2v) is 23.8. The van der Waals surface area contributed by atoms with Gasteiger partial charge in [-0.05, 0) is 81.5 Å². The average molecular weight is 1060 g/mol. The van der Waals surface area contributed by atoms with Gasteiger partial charge in [0.25, 0.3) is 11.8 Å². The number of carbonyl (C=O) groups excluding carboxylic acids is 3. The number of nitrogens with zero attached hydrogens (tertiary/aromatic N) is 8. The minimum atomic E-state index is -1.71. The minimum absolute atomic E-state index is 0.0332. The molecular formula is C56H72N10O9S. The predicted molar refractivity (Wildman–Crippen MR) is 283 cm³/mol. The Kier molecular flexibility index (Phi) is 14.5. The van der Waals surface area contributed by atoms with Crippen molar-refractivity contribution in [2.75, 3.05) is 97.5 Å². The van der Waals surface area contributed by atoms with Crippen molar-refractivity contribution in [3.05, 3.63) is 52.1 Å². The molecule has 76 heavy (non-hydrogen) atoms. The number of carbonyl (C=O) groups is 3. The summed E-state index contributed by atoms with van der Waals surface area (Å²) in [6, 6.07) is 8.69. The number of ether oxygens (including phenoxy) is 6. The monoisotopic (exact) mass is 1060 g/mol. The van der Waals surface area contributed by atoms with Crippen molar-refractivity contribution in [2.24, 2.45) is 11.3 Å². The number of nitrogens with one attached hydrogen (secondary N) is 2. The lowest BCUT2D eigenvalue weighted by Crippen LogP contribution is -2.73. The highest BCUT2D eigenvalue weighted by molar-refractivity contribution is 7.10. The zero-order valence-electron chi connectivity index (χ0n) is 44.3. The number of anilines is 1. The van der Waals surface area contributed by atoms with Gasteiger partial charge in [0.2, 0.25) is 5.60 Å². The Morgan fingerprint density at radius 3 is 2.46 bits per heavy atom. The number of morpholine rings is 1. The summed E-state index contributed by atoms with van der Waals surface area (Å²) >= 11 is 1.44. The third-order valence-electron chi connectivity index (χ3n) is 17.4. The Hall–Kier alpha value is -5.08. The molecule has 10 heterocycles. The zero-order valence-corrected chi connectivity index (χ0v) is 45.1. The number of esters is 1. The normalized spacial score (nSPS) is 29.0. The number of fused-ring (bicyclic) bond motifs is 4. The smallest absolute Gasteiger partial charge is 0.325 e. The van der Waals surface area contributed by atoms with Gasteiger partial charge in [-0.2, -0.15) is 5.26 Å². The number of cyclic esters (lactones) is 1.